The minimum Gasteiger partial charge on any atom is -0.391 e. The summed E-state index contributed by atoms with van der Waals surface area (Å²) < 4.78 is 23.9. The third-order valence-corrected chi connectivity index (χ3v) is 18.1. The summed E-state index contributed by atoms with van der Waals surface area (Å²) in [6, 6.07) is -0.763. The van der Waals surface area contributed by atoms with Crippen molar-refractivity contribution in [1.29, 1.82) is 0 Å². The van der Waals surface area contributed by atoms with Gasteiger partial charge in [0.1, 0.15) is 13.2 Å². The second-order valence-corrected chi connectivity index (χ2v) is 28.1. The number of amides is 1. The highest BCUT2D eigenvalue weighted by molar-refractivity contribution is 7.47. The molecule has 0 saturated carbocycles. The Hall–Kier alpha value is -1.28. The highest BCUT2D eigenvalue weighted by Gasteiger charge is 2.28. The summed E-state index contributed by atoms with van der Waals surface area (Å²) in [6.45, 7) is 4.94. The van der Waals surface area contributed by atoms with Crippen LogP contribution in [0.2, 0.25) is 0 Å². The second kappa shape index (κ2) is 65.2. The van der Waals surface area contributed by atoms with Gasteiger partial charge >= 0.3 is 7.82 Å². The predicted octanol–water partition coefficient (Wildman–Crippen LogP) is 23.6. The van der Waals surface area contributed by atoms with Gasteiger partial charge in [0.25, 0.3) is 0 Å². The van der Waals surface area contributed by atoms with Crippen LogP contribution in [0.3, 0.4) is 0 Å². The number of nitrogens with zero attached hydrogens (tertiary/aromatic N) is 1. The number of likely N-dealkylation sites (N-methyl/N-ethyl adjacent to an activating group) is 1. The summed E-state index contributed by atoms with van der Waals surface area (Å²) in [5, 5.41) is 14.2. The van der Waals surface area contributed by atoms with Gasteiger partial charge in [0.05, 0.1) is 39.9 Å². The molecule has 0 saturated heterocycles. The Morgan fingerprint density at radius 3 is 1.00 bits per heavy atom. The van der Waals surface area contributed by atoms with E-state index >= 15 is 0 Å². The van der Waals surface area contributed by atoms with E-state index in [1.807, 2.05) is 21.1 Å². The molecule has 0 bridgehead atoms. The Balaban J connectivity index is 3.99. The summed E-state index contributed by atoms with van der Waals surface area (Å²) in [7, 11) is 1.63. The molecule has 0 spiro atoms. The zero-order valence-electron chi connectivity index (χ0n) is 56.5. The number of hydrogen-bond acceptors (Lipinski definition) is 5. The average Bonchev–Trinajstić information content (AvgIpc) is 3.50. The first-order chi connectivity index (χ1) is 40.5. The molecule has 1 amide bonds. The summed E-state index contributed by atoms with van der Waals surface area (Å²) in [6.07, 6.45) is 86.9. The molecule has 3 N–H and O–H groups in total. The van der Waals surface area contributed by atoms with Gasteiger partial charge in [-0.05, 0) is 51.4 Å². The minimum absolute atomic E-state index is 0.0758. The van der Waals surface area contributed by atoms with Crippen molar-refractivity contribution in [2.75, 3.05) is 40.9 Å². The standard InChI is InChI=1S/C74H145N2O6P/c1-6-8-10-12-14-16-18-20-22-24-26-28-30-32-34-36-37-38-40-41-43-45-47-49-51-53-55-57-59-61-63-65-67-73(77)72(71-82-83(79,80)81-70-69-76(3,4)5)75-74(78)68-66-64-62-60-58-56-54-52-50-48-46-44-42-39-35-33-31-29-27-25-23-21-19-17-15-13-11-9-7-2/h19,21,25,27,31,33,72-73,77H,6-18,20,22-24,26,28-30,32,34-71H2,1-5H3,(H-,75,78,79,80)/p+1/b21-19-,27-25-,33-31-. The zero-order valence-corrected chi connectivity index (χ0v) is 57.4. The van der Waals surface area contributed by atoms with E-state index in [9.17, 15) is 19.4 Å². The normalized spacial score (nSPS) is 13.8. The van der Waals surface area contributed by atoms with Crippen molar-refractivity contribution < 1.29 is 32.9 Å². The lowest BCUT2D eigenvalue weighted by Crippen LogP contribution is -2.46. The fourth-order valence-corrected chi connectivity index (χ4v) is 12.1. The Morgan fingerprint density at radius 1 is 0.410 bits per heavy atom. The van der Waals surface area contributed by atoms with Gasteiger partial charge in [-0.3, -0.25) is 13.8 Å². The van der Waals surface area contributed by atoms with Crippen molar-refractivity contribution in [2.24, 2.45) is 0 Å². The van der Waals surface area contributed by atoms with E-state index in [0.717, 1.165) is 51.4 Å². The molecule has 0 aliphatic heterocycles. The Bertz CT molecular complexity index is 1450. The van der Waals surface area contributed by atoms with Crippen LogP contribution in [0.15, 0.2) is 36.5 Å². The molecule has 0 heterocycles. The minimum atomic E-state index is -4.33. The monoisotopic (exact) mass is 1190 g/mol. The van der Waals surface area contributed by atoms with E-state index < -0.39 is 20.0 Å². The van der Waals surface area contributed by atoms with Gasteiger partial charge in [-0.25, -0.2) is 4.57 Å². The van der Waals surface area contributed by atoms with Crippen molar-refractivity contribution in [3.05, 3.63) is 36.5 Å². The lowest BCUT2D eigenvalue weighted by molar-refractivity contribution is -0.870. The molecule has 9 heteroatoms. The summed E-state index contributed by atoms with van der Waals surface area (Å²) >= 11 is 0. The van der Waals surface area contributed by atoms with Gasteiger partial charge in [0.2, 0.25) is 5.91 Å². The number of unbranched alkanes of at least 4 members (excludes halogenated alkanes) is 50. The van der Waals surface area contributed by atoms with Crippen LogP contribution in [-0.2, 0) is 18.4 Å². The summed E-state index contributed by atoms with van der Waals surface area (Å²) in [5.74, 6) is -0.139. The molecular weight excluding hydrogens is 1040 g/mol. The predicted molar refractivity (Wildman–Crippen MR) is 365 cm³/mol. The van der Waals surface area contributed by atoms with Crippen molar-refractivity contribution >= 4 is 13.7 Å². The fraction of sp³-hybridized carbons (Fsp3) is 0.905. The summed E-state index contributed by atoms with van der Waals surface area (Å²) in [4.78, 5) is 23.5. The van der Waals surface area contributed by atoms with Crippen LogP contribution in [0, 0.1) is 0 Å². The number of aliphatic hydroxyl groups excluding tert-OH is 1. The van der Waals surface area contributed by atoms with Crippen molar-refractivity contribution in [3.8, 4) is 0 Å². The highest BCUT2D eigenvalue weighted by atomic mass is 31.2. The Kier molecular flexibility index (Phi) is 64.2. The average molecular weight is 1190 g/mol. The molecule has 0 aliphatic carbocycles. The molecule has 3 atom stereocenters. The third kappa shape index (κ3) is 68.1. The van der Waals surface area contributed by atoms with Gasteiger partial charge in [-0.2, -0.15) is 0 Å². The van der Waals surface area contributed by atoms with Crippen LogP contribution in [0.5, 0.6) is 0 Å². The SMILES string of the molecule is CCCCCCC/C=C\C/C=C\C/C=C\CCCCCCCCCCCCCCCCC(=O)NC(COP(=O)(O)OCC[N+](C)(C)C)C(O)CCCCCCCCCCCCCCCCCCCCCCCCCCCCCCCCCC. The largest absolute Gasteiger partial charge is 0.472 e. The van der Waals surface area contributed by atoms with Crippen LogP contribution in [0.25, 0.3) is 0 Å². The van der Waals surface area contributed by atoms with E-state index in [4.69, 9.17) is 9.05 Å². The number of phosphoric acid groups is 1. The maximum Gasteiger partial charge on any atom is 0.472 e. The fourth-order valence-electron chi connectivity index (χ4n) is 11.4. The molecule has 0 aromatic carbocycles. The zero-order chi connectivity index (χ0) is 60.5. The Morgan fingerprint density at radius 2 is 0.687 bits per heavy atom. The molecular formula is C74H146N2O6P+. The van der Waals surface area contributed by atoms with Gasteiger partial charge in [-0.15, -0.1) is 0 Å². The van der Waals surface area contributed by atoms with Crippen LogP contribution < -0.4 is 5.32 Å². The van der Waals surface area contributed by atoms with Gasteiger partial charge < -0.3 is 19.8 Å². The number of carbonyl (C=O) groups excluding carboxylic acids is 1. The molecule has 0 rings (SSSR count). The lowest BCUT2D eigenvalue weighted by Gasteiger charge is -2.26. The summed E-state index contributed by atoms with van der Waals surface area (Å²) in [5.41, 5.74) is 0. The molecule has 0 aromatic heterocycles. The number of hydrogen-bond donors (Lipinski definition) is 3. The number of phosphoric ester groups is 1. The Labute approximate surface area is 518 Å². The quantitative estimate of drug-likeness (QED) is 0.0243. The van der Waals surface area contributed by atoms with Crippen molar-refractivity contribution in [3.63, 3.8) is 0 Å². The number of nitrogens with one attached hydrogen (secondary N) is 1. The van der Waals surface area contributed by atoms with Gasteiger partial charge in [0.15, 0.2) is 0 Å². The van der Waals surface area contributed by atoms with Crippen molar-refractivity contribution in [1.82, 2.24) is 5.32 Å². The van der Waals surface area contributed by atoms with Gasteiger partial charge in [0, 0.05) is 6.42 Å². The maximum atomic E-state index is 13.1. The van der Waals surface area contributed by atoms with Crippen LogP contribution in [0.1, 0.15) is 380 Å². The smallest absolute Gasteiger partial charge is 0.391 e. The molecule has 0 aromatic rings. The number of quaternary nitrogens is 1. The topological polar surface area (TPSA) is 105 Å². The molecule has 83 heavy (non-hydrogen) atoms. The van der Waals surface area contributed by atoms with Crippen molar-refractivity contribution in [2.45, 2.75) is 392 Å². The molecule has 0 fully saturated rings. The first kappa shape index (κ1) is 81.7. The second-order valence-electron chi connectivity index (χ2n) is 26.7. The maximum absolute atomic E-state index is 13.1. The number of aliphatic hydroxyl groups is 1. The van der Waals surface area contributed by atoms with E-state index in [2.05, 4.69) is 55.6 Å². The van der Waals surface area contributed by atoms with Crippen LogP contribution in [-0.4, -0.2) is 73.4 Å². The molecule has 492 valence electrons. The third-order valence-electron chi connectivity index (χ3n) is 17.1. The lowest BCUT2D eigenvalue weighted by atomic mass is 10.0. The first-order valence-corrected chi connectivity index (χ1v) is 38.3. The van der Waals surface area contributed by atoms with Gasteiger partial charge in [-0.1, -0.05) is 359 Å². The number of carbonyl (C=O) groups is 1. The molecule has 0 radical (unpaired) electrons. The van der Waals surface area contributed by atoms with Crippen LogP contribution >= 0.6 is 7.82 Å². The first-order valence-electron chi connectivity index (χ1n) is 36.9. The van der Waals surface area contributed by atoms with Crippen LogP contribution in [0.4, 0.5) is 0 Å². The highest BCUT2D eigenvalue weighted by Crippen LogP contribution is 2.43. The molecule has 8 nitrogen and oxygen atoms in total. The number of allylic oxidation sites excluding steroid dienone is 6. The number of rotatable bonds is 69. The van der Waals surface area contributed by atoms with E-state index in [1.165, 1.54) is 302 Å². The van der Waals surface area contributed by atoms with E-state index in [0.29, 0.717) is 23.9 Å². The van der Waals surface area contributed by atoms with E-state index in [1.54, 1.807) is 0 Å². The van der Waals surface area contributed by atoms with E-state index in [-0.39, 0.29) is 19.1 Å². The molecule has 3 unspecified atom stereocenters. The molecule has 0 aliphatic rings.